The van der Waals surface area contributed by atoms with Crippen molar-refractivity contribution in [2.45, 2.75) is 37.8 Å². The van der Waals surface area contributed by atoms with E-state index in [1.165, 1.54) is 0 Å². The number of carbonyl (C=O) groups excluding carboxylic acids is 1. The number of hydrogen-bond donors (Lipinski definition) is 2. The maximum absolute atomic E-state index is 11.4. The molecule has 4 aromatic rings. The van der Waals surface area contributed by atoms with Crippen LogP contribution in [0.4, 0.5) is 5.82 Å². The minimum Gasteiger partial charge on any atom is -0.474 e. The lowest BCUT2D eigenvalue weighted by Gasteiger charge is -2.24. The number of imidazole rings is 1. The first kappa shape index (κ1) is 20.0. The number of hydrogen-bond acceptors (Lipinski definition) is 8. The average molecular weight is 448 g/mol. The molecule has 2 N–H and O–H groups in total. The molecule has 170 valence electrons. The third kappa shape index (κ3) is 3.56. The van der Waals surface area contributed by atoms with Crippen molar-refractivity contribution in [3.8, 4) is 17.3 Å². The van der Waals surface area contributed by atoms with E-state index >= 15 is 0 Å². The molecule has 1 amide bonds. The molecule has 0 unspecified atom stereocenters. The van der Waals surface area contributed by atoms with Crippen molar-refractivity contribution < 1.29 is 19.1 Å². The van der Waals surface area contributed by atoms with Gasteiger partial charge in [-0.25, -0.2) is 14.5 Å². The van der Waals surface area contributed by atoms with E-state index < -0.39 is 0 Å². The Balaban J connectivity index is 1.33. The molecule has 0 saturated carbocycles. The van der Waals surface area contributed by atoms with Gasteiger partial charge in [0.2, 0.25) is 11.8 Å². The zero-order valence-corrected chi connectivity index (χ0v) is 18.0. The SMILES string of the molecule is O=C1CC[C@H](COc2ccc3ncc(-c4cc5c(N6CCC[C@@H]6CO)nccc5o4)n3n2)N1. The van der Waals surface area contributed by atoms with E-state index in [4.69, 9.17) is 9.15 Å². The third-order valence-corrected chi connectivity index (χ3v) is 6.39. The minimum atomic E-state index is 0.00637. The maximum atomic E-state index is 11.4. The summed E-state index contributed by atoms with van der Waals surface area (Å²) in [5, 5.41) is 18.1. The molecular formula is C23H24N6O4. The van der Waals surface area contributed by atoms with E-state index in [1.807, 2.05) is 18.2 Å². The maximum Gasteiger partial charge on any atom is 0.231 e. The van der Waals surface area contributed by atoms with Crippen LogP contribution in [0.2, 0.25) is 0 Å². The van der Waals surface area contributed by atoms with Crippen molar-refractivity contribution in [1.82, 2.24) is 24.9 Å². The average Bonchev–Trinajstić information content (AvgIpc) is 3.62. The number of ether oxygens (including phenoxy) is 1. The van der Waals surface area contributed by atoms with Crippen LogP contribution in [0.1, 0.15) is 25.7 Å². The fourth-order valence-electron chi connectivity index (χ4n) is 4.70. The van der Waals surface area contributed by atoms with E-state index in [-0.39, 0.29) is 24.6 Å². The van der Waals surface area contributed by atoms with E-state index in [0.29, 0.717) is 36.0 Å². The Morgan fingerprint density at radius 2 is 2.18 bits per heavy atom. The lowest BCUT2D eigenvalue weighted by Crippen LogP contribution is -2.32. The Morgan fingerprint density at radius 3 is 3.03 bits per heavy atom. The summed E-state index contributed by atoms with van der Waals surface area (Å²) in [6.07, 6.45) is 6.73. The number of fused-ring (bicyclic) bond motifs is 2. The first-order valence-electron chi connectivity index (χ1n) is 11.2. The highest BCUT2D eigenvalue weighted by Crippen LogP contribution is 2.35. The smallest absolute Gasteiger partial charge is 0.231 e. The lowest BCUT2D eigenvalue weighted by molar-refractivity contribution is -0.119. The molecule has 0 bridgehead atoms. The predicted molar refractivity (Wildman–Crippen MR) is 120 cm³/mol. The Hall–Kier alpha value is -3.66. The Bertz CT molecular complexity index is 1330. The summed E-state index contributed by atoms with van der Waals surface area (Å²) in [6, 6.07) is 7.48. The standard InChI is InChI=1S/C23H24N6O4/c30-12-15-2-1-9-28(15)23-16-10-19(33-18(16)7-8-24-23)17-11-25-20-4-6-22(27-29(17)20)32-13-14-3-5-21(31)26-14/h4,6-8,10-11,14-15,30H,1-3,5,9,12-13H2,(H,26,31)/t14-,15-/m1/s1. The summed E-state index contributed by atoms with van der Waals surface area (Å²) < 4.78 is 13.7. The Morgan fingerprint density at radius 1 is 1.24 bits per heavy atom. The van der Waals surface area contributed by atoms with Gasteiger partial charge in [-0.05, 0) is 37.5 Å². The lowest BCUT2D eigenvalue weighted by atomic mass is 10.2. The summed E-state index contributed by atoms with van der Waals surface area (Å²) in [5.74, 6) is 1.95. The number of pyridine rings is 1. The minimum absolute atomic E-state index is 0.00637. The summed E-state index contributed by atoms with van der Waals surface area (Å²) in [6.45, 7) is 1.33. The fourth-order valence-corrected chi connectivity index (χ4v) is 4.70. The van der Waals surface area contributed by atoms with Crippen molar-refractivity contribution in [2.75, 3.05) is 24.7 Å². The highest BCUT2D eigenvalue weighted by molar-refractivity contribution is 5.92. The first-order chi connectivity index (χ1) is 16.2. The van der Waals surface area contributed by atoms with E-state index in [9.17, 15) is 9.90 Å². The summed E-state index contributed by atoms with van der Waals surface area (Å²) >= 11 is 0. The summed E-state index contributed by atoms with van der Waals surface area (Å²) in [7, 11) is 0. The second-order valence-electron chi connectivity index (χ2n) is 8.53. The zero-order chi connectivity index (χ0) is 22.4. The van der Waals surface area contributed by atoms with Crippen LogP contribution in [0, 0.1) is 0 Å². The molecule has 6 heterocycles. The van der Waals surface area contributed by atoms with Crippen LogP contribution < -0.4 is 15.0 Å². The molecule has 0 aromatic carbocycles. The van der Waals surface area contributed by atoms with Gasteiger partial charge < -0.3 is 24.5 Å². The predicted octanol–water partition coefficient (Wildman–Crippen LogP) is 2.16. The van der Waals surface area contributed by atoms with Gasteiger partial charge >= 0.3 is 0 Å². The van der Waals surface area contributed by atoms with Gasteiger partial charge in [0, 0.05) is 25.2 Å². The number of aliphatic hydroxyl groups is 1. The number of nitrogens with one attached hydrogen (secondary N) is 1. The highest BCUT2D eigenvalue weighted by atomic mass is 16.5. The van der Waals surface area contributed by atoms with Gasteiger partial charge in [0.15, 0.2) is 11.4 Å². The second-order valence-corrected chi connectivity index (χ2v) is 8.53. The zero-order valence-electron chi connectivity index (χ0n) is 18.0. The van der Waals surface area contributed by atoms with Crippen LogP contribution in [-0.4, -0.2) is 62.4 Å². The normalized spacial score (nSPS) is 20.8. The summed E-state index contributed by atoms with van der Waals surface area (Å²) in [4.78, 5) is 22.6. The van der Waals surface area contributed by atoms with Crippen molar-refractivity contribution >= 4 is 28.3 Å². The van der Waals surface area contributed by atoms with Crippen LogP contribution in [-0.2, 0) is 4.79 Å². The van der Waals surface area contributed by atoms with Gasteiger partial charge in [-0.2, -0.15) is 0 Å². The van der Waals surface area contributed by atoms with Crippen molar-refractivity contribution in [2.24, 2.45) is 0 Å². The van der Waals surface area contributed by atoms with Crippen LogP contribution in [0.5, 0.6) is 5.88 Å². The van der Waals surface area contributed by atoms with Gasteiger partial charge in [0.1, 0.15) is 23.7 Å². The molecule has 2 saturated heterocycles. The number of amides is 1. The van der Waals surface area contributed by atoms with Gasteiger partial charge in [0.05, 0.1) is 30.3 Å². The topological polar surface area (TPSA) is 118 Å². The molecule has 2 fully saturated rings. The second kappa shape index (κ2) is 8.04. The number of anilines is 1. The molecule has 2 aliphatic heterocycles. The highest BCUT2D eigenvalue weighted by Gasteiger charge is 2.27. The molecule has 10 nitrogen and oxygen atoms in total. The van der Waals surface area contributed by atoms with Gasteiger partial charge in [-0.15, -0.1) is 5.10 Å². The van der Waals surface area contributed by atoms with Crippen LogP contribution >= 0.6 is 0 Å². The quantitative estimate of drug-likeness (QED) is 0.461. The number of carbonyl (C=O) groups is 1. The largest absolute Gasteiger partial charge is 0.474 e. The molecule has 0 aliphatic carbocycles. The van der Waals surface area contributed by atoms with E-state index in [1.54, 1.807) is 23.0 Å². The number of aliphatic hydroxyl groups excluding tert-OH is 1. The van der Waals surface area contributed by atoms with Crippen LogP contribution in [0.25, 0.3) is 28.1 Å². The Labute approximate surface area is 189 Å². The van der Waals surface area contributed by atoms with Crippen molar-refractivity contribution in [1.29, 1.82) is 0 Å². The molecular weight excluding hydrogens is 424 g/mol. The molecule has 2 atom stereocenters. The molecule has 10 heteroatoms. The molecule has 2 aliphatic rings. The molecule has 6 rings (SSSR count). The van der Waals surface area contributed by atoms with Crippen molar-refractivity contribution in [3.63, 3.8) is 0 Å². The van der Waals surface area contributed by atoms with Gasteiger partial charge in [-0.3, -0.25) is 4.79 Å². The number of nitrogens with zero attached hydrogens (tertiary/aromatic N) is 5. The van der Waals surface area contributed by atoms with Gasteiger partial charge in [-0.1, -0.05) is 0 Å². The summed E-state index contributed by atoms with van der Waals surface area (Å²) in [5.41, 5.74) is 2.09. The molecule has 33 heavy (non-hydrogen) atoms. The molecule has 4 aromatic heterocycles. The monoisotopic (exact) mass is 448 g/mol. The first-order valence-corrected chi connectivity index (χ1v) is 11.2. The van der Waals surface area contributed by atoms with Crippen LogP contribution in [0.3, 0.4) is 0 Å². The third-order valence-electron chi connectivity index (χ3n) is 6.39. The Kier molecular flexibility index (Phi) is 4.87. The number of rotatable bonds is 6. The fraction of sp³-hybridized carbons (Fsp3) is 0.391. The van der Waals surface area contributed by atoms with Crippen molar-refractivity contribution in [3.05, 3.63) is 36.7 Å². The van der Waals surface area contributed by atoms with E-state index in [0.717, 1.165) is 42.6 Å². The number of furan rings is 1. The molecule has 0 spiro atoms. The molecule has 0 radical (unpaired) electrons. The number of aromatic nitrogens is 4. The van der Waals surface area contributed by atoms with E-state index in [2.05, 4.69) is 25.3 Å². The van der Waals surface area contributed by atoms with Gasteiger partial charge in [0.25, 0.3) is 0 Å². The van der Waals surface area contributed by atoms with Crippen LogP contribution in [0.15, 0.2) is 41.1 Å².